The van der Waals surface area contributed by atoms with Crippen LogP contribution in [0.2, 0.25) is 0 Å². The van der Waals surface area contributed by atoms with Gasteiger partial charge in [0.25, 0.3) is 0 Å². The molecule has 34 heavy (non-hydrogen) atoms. The number of imidazole rings is 1. The van der Waals surface area contributed by atoms with Crippen molar-refractivity contribution >= 4 is 24.2 Å². The van der Waals surface area contributed by atoms with Crippen molar-refractivity contribution in [1.82, 2.24) is 14.5 Å². The van der Waals surface area contributed by atoms with Gasteiger partial charge >= 0.3 is 6.03 Å². The molecule has 8 nitrogen and oxygen atoms in total. The van der Waals surface area contributed by atoms with E-state index in [9.17, 15) is 9.18 Å². The average molecular weight is 461 g/mol. The predicted octanol–water partition coefficient (Wildman–Crippen LogP) is 4.94. The molecule has 0 saturated heterocycles. The molecule has 1 aliphatic heterocycles. The second-order valence-corrected chi connectivity index (χ2v) is 7.69. The molecule has 0 fully saturated rings. The van der Waals surface area contributed by atoms with Crippen molar-refractivity contribution < 1.29 is 18.8 Å². The number of rotatable bonds is 6. The number of ether oxygens (including phenoxy) is 1. The summed E-state index contributed by atoms with van der Waals surface area (Å²) in [5, 5.41) is 4.11. The number of benzene rings is 2. The maximum absolute atomic E-state index is 13.4. The Morgan fingerprint density at radius 1 is 1.15 bits per heavy atom. The molecule has 0 saturated carbocycles. The maximum atomic E-state index is 13.4. The smallest absolute Gasteiger partial charge is 0.349 e. The molecule has 1 unspecified atom stereocenters. The lowest BCUT2D eigenvalue weighted by Gasteiger charge is -2.31. The van der Waals surface area contributed by atoms with E-state index in [4.69, 9.17) is 9.57 Å². The van der Waals surface area contributed by atoms with Gasteiger partial charge in [0.05, 0.1) is 30.9 Å². The largest absolute Gasteiger partial charge is 0.495 e. The molecule has 3 aromatic rings. The van der Waals surface area contributed by atoms with Crippen molar-refractivity contribution in [3.05, 3.63) is 83.2 Å². The number of aliphatic imine (C=N–C) groups is 1. The maximum Gasteiger partial charge on any atom is 0.349 e. The first-order chi connectivity index (χ1) is 16.4. The van der Waals surface area contributed by atoms with E-state index in [1.165, 1.54) is 30.4 Å². The average Bonchev–Trinajstić information content (AvgIpc) is 3.27. The number of methoxy groups -OCH3 is 1. The van der Waals surface area contributed by atoms with E-state index < -0.39 is 12.1 Å². The highest BCUT2D eigenvalue weighted by Crippen LogP contribution is 2.29. The quantitative estimate of drug-likeness (QED) is 0.487. The van der Waals surface area contributed by atoms with Crippen LogP contribution in [0, 0.1) is 12.7 Å². The lowest BCUT2D eigenvalue weighted by atomic mass is 10.0. The van der Waals surface area contributed by atoms with Gasteiger partial charge in [-0.3, -0.25) is 4.90 Å². The van der Waals surface area contributed by atoms with Crippen LogP contribution in [0.1, 0.15) is 29.8 Å². The number of nitrogens with zero attached hydrogens (tertiary/aromatic N) is 5. The third-order valence-electron chi connectivity index (χ3n) is 5.44. The first kappa shape index (κ1) is 22.9. The molecule has 0 aliphatic carbocycles. The molecular formula is C25H24FN5O3. The van der Waals surface area contributed by atoms with Gasteiger partial charge in [-0.1, -0.05) is 23.4 Å². The summed E-state index contributed by atoms with van der Waals surface area (Å²) < 4.78 is 20.9. The van der Waals surface area contributed by atoms with Crippen molar-refractivity contribution in [2.75, 3.05) is 14.2 Å². The highest BCUT2D eigenvalue weighted by molar-refractivity contribution is 6.26. The van der Waals surface area contributed by atoms with E-state index in [1.54, 1.807) is 25.6 Å². The fourth-order valence-electron chi connectivity index (χ4n) is 3.73. The number of carbonyl (C=O) groups is 1. The minimum atomic E-state index is -0.492. The van der Waals surface area contributed by atoms with Gasteiger partial charge in [0.15, 0.2) is 5.84 Å². The van der Waals surface area contributed by atoms with Crippen LogP contribution in [0.4, 0.5) is 9.18 Å². The van der Waals surface area contributed by atoms with Gasteiger partial charge in [-0.15, -0.1) is 0 Å². The first-order valence-corrected chi connectivity index (χ1v) is 10.6. The zero-order valence-electron chi connectivity index (χ0n) is 19.3. The van der Waals surface area contributed by atoms with Crippen LogP contribution in [0.25, 0.3) is 11.8 Å². The van der Waals surface area contributed by atoms with Gasteiger partial charge in [0, 0.05) is 18.0 Å². The predicted molar refractivity (Wildman–Crippen MR) is 128 cm³/mol. The van der Waals surface area contributed by atoms with E-state index >= 15 is 0 Å². The summed E-state index contributed by atoms with van der Waals surface area (Å²) in [5.41, 5.74) is 3.86. The van der Waals surface area contributed by atoms with E-state index in [0.717, 1.165) is 22.5 Å². The minimum Gasteiger partial charge on any atom is -0.495 e. The SMILES string of the molecule is CO/N=C1\C(=C\c2ccc(-n3cnc(C)c3)c(OC)c2)C=NC(=O)N1C(C)c1ccc(F)cc1. The number of aryl methyl sites for hydroxylation is 1. The third kappa shape index (κ3) is 4.59. The number of halogens is 1. The molecule has 1 atom stereocenters. The number of hydrogen-bond acceptors (Lipinski definition) is 5. The summed E-state index contributed by atoms with van der Waals surface area (Å²) >= 11 is 0. The number of amidine groups is 1. The molecule has 0 spiro atoms. The van der Waals surface area contributed by atoms with Gasteiger partial charge < -0.3 is 14.1 Å². The molecule has 2 aromatic carbocycles. The lowest BCUT2D eigenvalue weighted by molar-refractivity contribution is 0.196. The Labute approximate surface area is 196 Å². The topological polar surface area (TPSA) is 81.3 Å². The molecule has 4 rings (SSSR count). The molecule has 2 amide bonds. The van der Waals surface area contributed by atoms with Crippen molar-refractivity contribution in [2.24, 2.45) is 10.1 Å². The number of aromatic nitrogens is 2. The molecular weight excluding hydrogens is 437 g/mol. The number of urea groups is 1. The Morgan fingerprint density at radius 3 is 2.56 bits per heavy atom. The summed E-state index contributed by atoms with van der Waals surface area (Å²) in [4.78, 5) is 27.5. The number of amides is 2. The van der Waals surface area contributed by atoms with Crippen LogP contribution < -0.4 is 4.74 Å². The standard InChI is InChI=1S/C25H24FN5O3/c1-16-14-30(15-28-16)22-10-5-18(12-23(22)33-3)11-20-13-27-25(32)31(24(20)29-34-4)17(2)19-6-8-21(26)9-7-19/h5-15,17H,1-4H3/b20-11+,29-24+. The zero-order valence-corrected chi connectivity index (χ0v) is 19.3. The molecule has 9 heteroatoms. The monoisotopic (exact) mass is 461 g/mol. The third-order valence-corrected chi connectivity index (χ3v) is 5.44. The second-order valence-electron chi connectivity index (χ2n) is 7.69. The number of carbonyl (C=O) groups excluding carboxylic acids is 1. The van der Waals surface area contributed by atoms with E-state index in [0.29, 0.717) is 17.2 Å². The summed E-state index contributed by atoms with van der Waals surface area (Å²) in [6.45, 7) is 3.74. The normalized spacial score (nSPS) is 16.9. The fraction of sp³-hybridized carbons (Fsp3) is 0.200. The van der Waals surface area contributed by atoms with Crippen molar-refractivity contribution in [1.29, 1.82) is 0 Å². The molecule has 0 bridgehead atoms. The lowest BCUT2D eigenvalue weighted by Crippen LogP contribution is -2.41. The summed E-state index contributed by atoms with van der Waals surface area (Å²) in [7, 11) is 3.01. The van der Waals surface area contributed by atoms with Crippen molar-refractivity contribution in [3.63, 3.8) is 0 Å². The first-order valence-electron chi connectivity index (χ1n) is 10.6. The minimum absolute atomic E-state index is 0.299. The van der Waals surface area contributed by atoms with Gasteiger partial charge in [-0.05, 0) is 55.3 Å². The molecule has 0 radical (unpaired) electrons. The van der Waals surface area contributed by atoms with Crippen LogP contribution >= 0.6 is 0 Å². The second kappa shape index (κ2) is 9.70. The van der Waals surface area contributed by atoms with Crippen LogP contribution in [-0.2, 0) is 4.84 Å². The van der Waals surface area contributed by atoms with E-state index in [-0.39, 0.29) is 5.82 Å². The zero-order chi connectivity index (χ0) is 24.2. The van der Waals surface area contributed by atoms with E-state index in [1.807, 2.05) is 48.9 Å². The Balaban J connectivity index is 1.72. The fourth-order valence-corrected chi connectivity index (χ4v) is 3.73. The highest BCUT2D eigenvalue weighted by atomic mass is 19.1. The highest BCUT2D eigenvalue weighted by Gasteiger charge is 2.32. The van der Waals surface area contributed by atoms with Gasteiger partial charge in [-0.25, -0.2) is 19.2 Å². The summed E-state index contributed by atoms with van der Waals surface area (Å²) in [6.07, 6.45) is 6.92. The van der Waals surface area contributed by atoms with Crippen LogP contribution in [-0.4, -0.2) is 46.8 Å². The summed E-state index contributed by atoms with van der Waals surface area (Å²) in [6, 6.07) is 10.7. The van der Waals surface area contributed by atoms with Crippen LogP contribution in [0.5, 0.6) is 5.75 Å². The van der Waals surface area contributed by atoms with Crippen molar-refractivity contribution in [2.45, 2.75) is 19.9 Å². The van der Waals surface area contributed by atoms with Crippen LogP contribution in [0.15, 0.2) is 70.7 Å². The van der Waals surface area contributed by atoms with Gasteiger partial charge in [0.2, 0.25) is 0 Å². The van der Waals surface area contributed by atoms with E-state index in [2.05, 4.69) is 15.1 Å². The Hall–Kier alpha value is -4.27. The Bertz CT molecular complexity index is 1290. The molecule has 174 valence electrons. The Morgan fingerprint density at radius 2 is 1.91 bits per heavy atom. The number of hydrogen-bond donors (Lipinski definition) is 0. The molecule has 2 heterocycles. The van der Waals surface area contributed by atoms with Gasteiger partial charge in [0.1, 0.15) is 18.7 Å². The molecule has 1 aliphatic rings. The Kier molecular flexibility index (Phi) is 6.53. The van der Waals surface area contributed by atoms with Crippen molar-refractivity contribution in [3.8, 4) is 11.4 Å². The molecule has 0 N–H and O–H groups in total. The van der Waals surface area contributed by atoms with Gasteiger partial charge in [-0.2, -0.15) is 0 Å². The molecule has 1 aromatic heterocycles. The number of oxime groups is 1. The summed E-state index contributed by atoms with van der Waals surface area (Å²) in [5.74, 6) is 0.596. The van der Waals surface area contributed by atoms with Crippen LogP contribution in [0.3, 0.4) is 0 Å².